The van der Waals surface area contributed by atoms with E-state index in [0.29, 0.717) is 18.0 Å². The number of nitrogens with zero attached hydrogens (tertiary/aromatic N) is 2. The highest BCUT2D eigenvalue weighted by molar-refractivity contribution is 7.18. The number of fused-ring (bicyclic) bond motifs is 1. The van der Waals surface area contributed by atoms with E-state index in [1.165, 1.54) is 48.2 Å². The van der Waals surface area contributed by atoms with Crippen molar-refractivity contribution in [3.8, 4) is 0 Å². The van der Waals surface area contributed by atoms with Gasteiger partial charge in [0.25, 0.3) is 0 Å². The zero-order chi connectivity index (χ0) is 19.4. The minimum absolute atomic E-state index is 0.216. The second kappa shape index (κ2) is 7.05. The summed E-state index contributed by atoms with van der Waals surface area (Å²) in [7, 11) is 0. The van der Waals surface area contributed by atoms with Gasteiger partial charge in [-0.25, -0.2) is 4.98 Å². The normalized spacial score (nSPS) is 36.1. The SMILES string of the molecule is O=C(CN1CCC[C@H]1c1nc2ccccc2s1)NCC12CC3CC(CC(C3)C1)C2. The average molecular weight is 410 g/mol. The van der Waals surface area contributed by atoms with Crippen LogP contribution >= 0.6 is 11.3 Å². The summed E-state index contributed by atoms with van der Waals surface area (Å²) in [6.45, 7) is 2.44. The fraction of sp³-hybridized carbons (Fsp3) is 0.667. The van der Waals surface area contributed by atoms with Gasteiger partial charge in [-0.2, -0.15) is 0 Å². The largest absolute Gasteiger partial charge is 0.354 e. The molecule has 1 aromatic carbocycles. The van der Waals surface area contributed by atoms with Crippen LogP contribution in [-0.2, 0) is 4.79 Å². The van der Waals surface area contributed by atoms with E-state index in [4.69, 9.17) is 4.98 Å². The molecular formula is C24H31N3OS. The highest BCUT2D eigenvalue weighted by Gasteiger charge is 2.50. The van der Waals surface area contributed by atoms with Gasteiger partial charge in [-0.15, -0.1) is 11.3 Å². The summed E-state index contributed by atoms with van der Waals surface area (Å²) < 4.78 is 1.25. The molecular weight excluding hydrogens is 378 g/mol. The van der Waals surface area contributed by atoms with E-state index in [1.807, 2.05) is 0 Å². The van der Waals surface area contributed by atoms with Crippen molar-refractivity contribution in [2.75, 3.05) is 19.6 Å². The van der Waals surface area contributed by atoms with E-state index in [-0.39, 0.29) is 5.91 Å². The number of likely N-dealkylation sites (tertiary alicyclic amines) is 1. The number of para-hydroxylation sites is 1. The molecule has 2 aromatic rings. The Hall–Kier alpha value is -1.46. The number of carbonyl (C=O) groups excluding carboxylic acids is 1. The average Bonchev–Trinajstić information content (AvgIpc) is 3.31. The van der Waals surface area contributed by atoms with Crippen molar-refractivity contribution in [3.05, 3.63) is 29.3 Å². The maximum absolute atomic E-state index is 12.9. The molecule has 29 heavy (non-hydrogen) atoms. The zero-order valence-electron chi connectivity index (χ0n) is 17.1. The third-order valence-corrected chi connectivity index (χ3v) is 9.27. The summed E-state index contributed by atoms with van der Waals surface area (Å²) in [5.41, 5.74) is 1.51. The Labute approximate surface area is 177 Å². The molecule has 1 amide bonds. The summed E-state index contributed by atoms with van der Waals surface area (Å²) >= 11 is 1.79. The second-order valence-corrected chi connectivity index (χ2v) is 11.4. The van der Waals surface area contributed by atoms with Crippen molar-refractivity contribution in [2.24, 2.45) is 23.2 Å². The van der Waals surface area contributed by atoms with Gasteiger partial charge >= 0.3 is 0 Å². The van der Waals surface area contributed by atoms with Crippen LogP contribution in [0.3, 0.4) is 0 Å². The molecule has 1 aromatic heterocycles. The number of carbonyl (C=O) groups is 1. The lowest BCUT2D eigenvalue weighted by Gasteiger charge is -2.56. The molecule has 1 aliphatic heterocycles. The minimum Gasteiger partial charge on any atom is -0.354 e. The van der Waals surface area contributed by atoms with Crippen molar-refractivity contribution in [2.45, 2.75) is 57.4 Å². The minimum atomic E-state index is 0.216. The summed E-state index contributed by atoms with van der Waals surface area (Å²) in [5, 5.41) is 4.55. The van der Waals surface area contributed by atoms with Crippen LogP contribution in [0.1, 0.15) is 62.4 Å². The van der Waals surface area contributed by atoms with Crippen molar-refractivity contribution in [1.29, 1.82) is 0 Å². The van der Waals surface area contributed by atoms with Crippen LogP contribution in [0.5, 0.6) is 0 Å². The van der Waals surface area contributed by atoms with Gasteiger partial charge < -0.3 is 5.32 Å². The molecule has 4 saturated carbocycles. The maximum atomic E-state index is 12.9. The molecule has 5 heteroatoms. The Balaban J connectivity index is 1.10. The first-order valence-electron chi connectivity index (χ1n) is 11.5. The smallest absolute Gasteiger partial charge is 0.234 e. The third kappa shape index (κ3) is 3.40. The van der Waals surface area contributed by atoms with Gasteiger partial charge in [0.15, 0.2) is 0 Å². The van der Waals surface area contributed by atoms with Crippen LogP contribution in [0, 0.1) is 23.2 Å². The lowest BCUT2D eigenvalue weighted by Crippen LogP contribution is -2.52. The van der Waals surface area contributed by atoms with E-state index in [2.05, 4.69) is 34.5 Å². The number of amides is 1. The second-order valence-electron chi connectivity index (χ2n) is 10.3. The van der Waals surface area contributed by atoms with Gasteiger partial charge in [-0.1, -0.05) is 12.1 Å². The van der Waals surface area contributed by atoms with Gasteiger partial charge in [-0.3, -0.25) is 9.69 Å². The number of hydrogen-bond acceptors (Lipinski definition) is 4. The highest BCUT2D eigenvalue weighted by Crippen LogP contribution is 2.59. The van der Waals surface area contributed by atoms with Gasteiger partial charge in [0.05, 0.1) is 22.8 Å². The molecule has 5 aliphatic rings. The molecule has 1 N–H and O–H groups in total. The highest BCUT2D eigenvalue weighted by atomic mass is 32.1. The molecule has 0 unspecified atom stereocenters. The zero-order valence-corrected chi connectivity index (χ0v) is 17.9. The van der Waals surface area contributed by atoms with Crippen molar-refractivity contribution >= 4 is 27.5 Å². The van der Waals surface area contributed by atoms with Gasteiger partial charge in [0.1, 0.15) is 5.01 Å². The molecule has 4 aliphatic carbocycles. The standard InChI is InChI=1S/C24H31N3OS/c28-22(25-15-24-11-16-8-17(12-24)10-18(9-16)13-24)14-27-7-3-5-20(27)23-26-19-4-1-2-6-21(19)29-23/h1-2,4,6,16-18,20H,3,5,7-15H2,(H,25,28)/t16?,17?,18?,20-,24?/m0/s1. The van der Waals surface area contributed by atoms with E-state index < -0.39 is 0 Å². The van der Waals surface area contributed by atoms with Crippen LogP contribution in [0.25, 0.3) is 10.2 Å². The van der Waals surface area contributed by atoms with Crippen molar-refractivity contribution in [3.63, 3.8) is 0 Å². The number of nitrogens with one attached hydrogen (secondary N) is 1. The van der Waals surface area contributed by atoms with Crippen LogP contribution in [-0.4, -0.2) is 35.4 Å². The number of aromatic nitrogens is 1. The van der Waals surface area contributed by atoms with Crippen LogP contribution in [0.15, 0.2) is 24.3 Å². The van der Waals surface area contributed by atoms with Crippen LogP contribution < -0.4 is 5.32 Å². The molecule has 1 saturated heterocycles. The predicted molar refractivity (Wildman–Crippen MR) is 117 cm³/mol. The fourth-order valence-corrected chi connectivity index (χ4v) is 8.50. The third-order valence-electron chi connectivity index (χ3n) is 8.13. The molecule has 5 fully saturated rings. The fourth-order valence-electron chi connectivity index (χ4n) is 7.36. The van der Waals surface area contributed by atoms with E-state index >= 15 is 0 Å². The van der Waals surface area contributed by atoms with E-state index in [9.17, 15) is 4.79 Å². The van der Waals surface area contributed by atoms with Crippen LogP contribution in [0.4, 0.5) is 0 Å². The number of hydrogen-bond donors (Lipinski definition) is 1. The van der Waals surface area contributed by atoms with Crippen molar-refractivity contribution < 1.29 is 4.79 Å². The van der Waals surface area contributed by atoms with Gasteiger partial charge in [0.2, 0.25) is 5.91 Å². The topological polar surface area (TPSA) is 45.2 Å². The van der Waals surface area contributed by atoms with Crippen molar-refractivity contribution in [1.82, 2.24) is 15.2 Å². The predicted octanol–water partition coefficient (Wildman–Crippen LogP) is 4.77. The molecule has 4 bridgehead atoms. The van der Waals surface area contributed by atoms with Crippen LogP contribution in [0.2, 0.25) is 0 Å². The first-order chi connectivity index (χ1) is 14.2. The lowest BCUT2D eigenvalue weighted by atomic mass is 9.49. The summed E-state index contributed by atoms with van der Waals surface area (Å²) in [6, 6.07) is 8.67. The Morgan fingerprint density at radius 3 is 2.59 bits per heavy atom. The molecule has 4 nitrogen and oxygen atoms in total. The Morgan fingerprint density at radius 1 is 1.14 bits per heavy atom. The monoisotopic (exact) mass is 409 g/mol. The van der Waals surface area contributed by atoms with E-state index in [1.54, 1.807) is 11.3 Å². The molecule has 154 valence electrons. The van der Waals surface area contributed by atoms with Gasteiger partial charge in [0, 0.05) is 6.54 Å². The molecule has 2 heterocycles. The summed E-state index contributed by atoms with van der Waals surface area (Å²) in [4.78, 5) is 20.1. The quantitative estimate of drug-likeness (QED) is 0.774. The molecule has 7 rings (SSSR count). The number of thiazole rings is 1. The Morgan fingerprint density at radius 2 is 1.86 bits per heavy atom. The first kappa shape index (κ1) is 18.3. The van der Waals surface area contributed by atoms with Gasteiger partial charge in [-0.05, 0) is 93.2 Å². The molecule has 1 atom stereocenters. The molecule has 0 radical (unpaired) electrons. The summed E-state index contributed by atoms with van der Waals surface area (Å²) in [5.74, 6) is 3.05. The van der Waals surface area contributed by atoms with E-state index in [0.717, 1.165) is 49.2 Å². The lowest BCUT2D eigenvalue weighted by molar-refractivity contribution is -0.124. The maximum Gasteiger partial charge on any atom is 0.234 e. The number of rotatable bonds is 5. The Kier molecular flexibility index (Phi) is 4.46. The first-order valence-corrected chi connectivity index (χ1v) is 12.3. The molecule has 0 spiro atoms. The number of benzene rings is 1. The Bertz CT molecular complexity index is 853. The summed E-state index contributed by atoms with van der Waals surface area (Å²) in [6.07, 6.45) is 10.7.